The normalized spacial score (nSPS) is 14.2. The third-order valence-electron chi connectivity index (χ3n) is 2.99. The average molecular weight is 362 g/mol. The van der Waals surface area contributed by atoms with Crippen LogP contribution in [0.5, 0.6) is 5.75 Å². The van der Waals surface area contributed by atoms with Gasteiger partial charge in [-0.25, -0.2) is 0 Å². The lowest BCUT2D eigenvalue weighted by Gasteiger charge is -2.14. The fourth-order valence-corrected chi connectivity index (χ4v) is 2.78. The fraction of sp³-hybridized carbons (Fsp3) is 0.500. The van der Waals surface area contributed by atoms with Crippen LogP contribution in [0.15, 0.2) is 16.6 Å². The van der Waals surface area contributed by atoms with E-state index in [0.717, 1.165) is 16.9 Å². The second-order valence-corrected chi connectivity index (χ2v) is 6.11. The Hall–Kier alpha value is -0.780. The summed E-state index contributed by atoms with van der Waals surface area (Å²) in [4.78, 5) is 11.9. The minimum atomic E-state index is -0.0965. The van der Waals surface area contributed by atoms with Crippen molar-refractivity contribution in [1.82, 2.24) is 5.32 Å². The summed E-state index contributed by atoms with van der Waals surface area (Å²) in [7, 11) is 0. The Bertz CT molecular complexity index is 492. The maximum absolute atomic E-state index is 11.9. The molecule has 0 saturated heterocycles. The molecule has 0 aromatic heterocycles. The summed E-state index contributed by atoms with van der Waals surface area (Å²) in [6.07, 6.45) is 2.54. The molecule has 1 aromatic carbocycles. The maximum atomic E-state index is 11.9. The molecule has 0 atom stereocenters. The number of halogens is 2. The predicted molar refractivity (Wildman–Crippen MR) is 84.5 cm³/mol. The van der Waals surface area contributed by atoms with E-state index in [1.54, 1.807) is 12.1 Å². The van der Waals surface area contributed by atoms with E-state index < -0.39 is 0 Å². The van der Waals surface area contributed by atoms with E-state index in [4.69, 9.17) is 16.3 Å². The average Bonchev–Trinajstić information content (AvgIpc) is 3.17. The highest BCUT2D eigenvalue weighted by Crippen LogP contribution is 2.36. The first-order valence-corrected chi connectivity index (χ1v) is 7.89. The van der Waals surface area contributed by atoms with Crippen LogP contribution in [0.25, 0.3) is 0 Å². The van der Waals surface area contributed by atoms with Gasteiger partial charge in [-0.15, -0.1) is 0 Å². The maximum Gasteiger partial charge on any atom is 0.238 e. The minimum Gasteiger partial charge on any atom is -0.491 e. The molecule has 1 aliphatic rings. The van der Waals surface area contributed by atoms with Gasteiger partial charge in [-0.2, -0.15) is 0 Å². The third kappa shape index (κ3) is 4.65. The zero-order valence-electron chi connectivity index (χ0n) is 11.3. The zero-order valence-corrected chi connectivity index (χ0v) is 13.7. The number of ether oxygens (including phenoxy) is 1. The molecule has 0 aliphatic heterocycles. The first kappa shape index (κ1) is 15.6. The highest BCUT2D eigenvalue weighted by atomic mass is 79.9. The third-order valence-corrected chi connectivity index (χ3v) is 3.79. The van der Waals surface area contributed by atoms with Gasteiger partial charge >= 0.3 is 0 Å². The first-order valence-electron chi connectivity index (χ1n) is 6.72. The molecule has 0 unspecified atom stereocenters. The quantitative estimate of drug-likeness (QED) is 0.782. The molecular weight excluding hydrogens is 344 g/mol. The van der Waals surface area contributed by atoms with E-state index in [-0.39, 0.29) is 5.91 Å². The summed E-state index contributed by atoms with van der Waals surface area (Å²) in [6, 6.07) is 3.43. The van der Waals surface area contributed by atoms with Crippen molar-refractivity contribution in [1.29, 1.82) is 0 Å². The summed E-state index contributed by atoms with van der Waals surface area (Å²) in [5.41, 5.74) is 0.587. The van der Waals surface area contributed by atoms with Crippen LogP contribution in [0.2, 0.25) is 5.02 Å². The molecule has 0 spiro atoms. The first-order chi connectivity index (χ1) is 9.60. The molecule has 2 rings (SSSR count). The number of nitrogens with one attached hydrogen (secondary N) is 2. The standard InChI is InChI=1S/C14H18BrClN2O2/c1-2-20-14-11(15)5-10(16)6-12(14)18-13(19)8-17-7-9-3-4-9/h5-6,9,17H,2-4,7-8H2,1H3,(H,18,19). The highest BCUT2D eigenvalue weighted by molar-refractivity contribution is 9.10. The zero-order chi connectivity index (χ0) is 14.5. The van der Waals surface area contributed by atoms with Crippen molar-refractivity contribution < 1.29 is 9.53 Å². The van der Waals surface area contributed by atoms with Crippen LogP contribution in [0.1, 0.15) is 19.8 Å². The summed E-state index contributed by atoms with van der Waals surface area (Å²) in [5.74, 6) is 1.26. The molecule has 1 aliphatic carbocycles. The van der Waals surface area contributed by atoms with Crippen LogP contribution >= 0.6 is 27.5 Å². The van der Waals surface area contributed by atoms with Gasteiger partial charge in [0.15, 0.2) is 5.75 Å². The molecule has 0 heterocycles. The molecule has 110 valence electrons. The van der Waals surface area contributed by atoms with Crippen LogP contribution in [-0.2, 0) is 4.79 Å². The van der Waals surface area contributed by atoms with Gasteiger partial charge in [0.25, 0.3) is 0 Å². The van der Waals surface area contributed by atoms with Gasteiger partial charge in [-0.05, 0) is 60.3 Å². The van der Waals surface area contributed by atoms with Crippen molar-refractivity contribution in [2.24, 2.45) is 5.92 Å². The molecule has 1 fully saturated rings. The Morgan fingerprint density at radius 1 is 1.50 bits per heavy atom. The molecule has 2 N–H and O–H groups in total. The van der Waals surface area contributed by atoms with E-state index in [2.05, 4.69) is 26.6 Å². The summed E-state index contributed by atoms with van der Waals surface area (Å²) in [6.45, 7) is 3.62. The molecule has 1 amide bonds. The number of carbonyl (C=O) groups excluding carboxylic acids is 1. The molecule has 1 saturated carbocycles. The van der Waals surface area contributed by atoms with Crippen molar-refractivity contribution in [3.8, 4) is 5.75 Å². The Balaban J connectivity index is 1.96. The Labute approximate surface area is 132 Å². The van der Waals surface area contributed by atoms with Crippen molar-refractivity contribution in [3.05, 3.63) is 21.6 Å². The van der Waals surface area contributed by atoms with Crippen LogP contribution in [0.3, 0.4) is 0 Å². The number of anilines is 1. The number of carbonyl (C=O) groups is 1. The molecule has 4 nitrogen and oxygen atoms in total. The van der Waals surface area contributed by atoms with E-state index in [9.17, 15) is 4.79 Å². The SMILES string of the molecule is CCOc1c(Br)cc(Cl)cc1NC(=O)CNCC1CC1. The van der Waals surface area contributed by atoms with Crippen LogP contribution in [0.4, 0.5) is 5.69 Å². The number of amides is 1. The van der Waals surface area contributed by atoms with Gasteiger partial charge in [-0.1, -0.05) is 11.6 Å². The Morgan fingerprint density at radius 3 is 2.90 bits per heavy atom. The minimum absolute atomic E-state index is 0.0965. The Kier molecular flexibility index (Phi) is 5.69. The van der Waals surface area contributed by atoms with Gasteiger partial charge in [0.2, 0.25) is 5.91 Å². The number of benzene rings is 1. The van der Waals surface area contributed by atoms with Crippen molar-refractivity contribution >= 4 is 39.1 Å². The summed E-state index contributed by atoms with van der Waals surface area (Å²) >= 11 is 9.40. The van der Waals surface area contributed by atoms with Gasteiger partial charge in [0.1, 0.15) is 0 Å². The number of rotatable bonds is 7. The molecule has 0 radical (unpaired) electrons. The highest BCUT2D eigenvalue weighted by Gasteiger charge is 2.20. The molecule has 6 heteroatoms. The largest absolute Gasteiger partial charge is 0.491 e. The lowest BCUT2D eigenvalue weighted by molar-refractivity contribution is -0.115. The second kappa shape index (κ2) is 7.29. The fourth-order valence-electron chi connectivity index (χ4n) is 1.85. The molecule has 20 heavy (non-hydrogen) atoms. The topological polar surface area (TPSA) is 50.4 Å². The van der Waals surface area contributed by atoms with Crippen LogP contribution in [0, 0.1) is 5.92 Å². The number of hydrogen-bond donors (Lipinski definition) is 2. The monoisotopic (exact) mass is 360 g/mol. The predicted octanol–water partition coefficient (Wildman–Crippen LogP) is 3.44. The second-order valence-electron chi connectivity index (χ2n) is 4.82. The van der Waals surface area contributed by atoms with E-state index >= 15 is 0 Å². The Morgan fingerprint density at radius 2 is 2.25 bits per heavy atom. The lowest BCUT2D eigenvalue weighted by Crippen LogP contribution is -2.29. The molecule has 0 bridgehead atoms. The summed E-state index contributed by atoms with van der Waals surface area (Å²) < 4.78 is 6.27. The number of hydrogen-bond acceptors (Lipinski definition) is 3. The summed E-state index contributed by atoms with van der Waals surface area (Å²) in [5, 5.41) is 6.52. The van der Waals surface area contributed by atoms with Crippen molar-refractivity contribution in [3.63, 3.8) is 0 Å². The van der Waals surface area contributed by atoms with E-state index in [0.29, 0.717) is 29.6 Å². The smallest absolute Gasteiger partial charge is 0.238 e. The van der Waals surface area contributed by atoms with Crippen molar-refractivity contribution in [2.75, 3.05) is 25.0 Å². The van der Waals surface area contributed by atoms with Gasteiger partial charge < -0.3 is 15.4 Å². The van der Waals surface area contributed by atoms with Gasteiger partial charge in [-0.3, -0.25) is 4.79 Å². The molecular formula is C14H18BrClN2O2. The van der Waals surface area contributed by atoms with E-state index in [1.165, 1.54) is 12.8 Å². The van der Waals surface area contributed by atoms with Gasteiger partial charge in [0.05, 0.1) is 23.3 Å². The van der Waals surface area contributed by atoms with Crippen molar-refractivity contribution in [2.45, 2.75) is 19.8 Å². The van der Waals surface area contributed by atoms with Crippen LogP contribution in [-0.4, -0.2) is 25.6 Å². The van der Waals surface area contributed by atoms with Crippen LogP contribution < -0.4 is 15.4 Å². The lowest BCUT2D eigenvalue weighted by atomic mass is 10.3. The van der Waals surface area contributed by atoms with E-state index in [1.807, 2.05) is 6.92 Å². The molecule has 1 aromatic rings. The van der Waals surface area contributed by atoms with Gasteiger partial charge in [0, 0.05) is 5.02 Å².